The summed E-state index contributed by atoms with van der Waals surface area (Å²) < 4.78 is 11.8. The maximum absolute atomic E-state index is 12.0. The van der Waals surface area contributed by atoms with Gasteiger partial charge in [-0.3, -0.25) is 4.79 Å². The Labute approximate surface area is 128 Å². The van der Waals surface area contributed by atoms with Crippen LogP contribution in [0.3, 0.4) is 0 Å². The van der Waals surface area contributed by atoms with Gasteiger partial charge in [-0.25, -0.2) is 0 Å². The summed E-state index contributed by atoms with van der Waals surface area (Å²) in [6, 6.07) is 5.71. The molecule has 1 fully saturated rings. The SMILES string of the molecule is COc1cc(Br)ccc1[C@@H](C)NC(=O)C[C@H]1CCCO1. The number of hydrogen-bond donors (Lipinski definition) is 1. The van der Waals surface area contributed by atoms with Gasteiger partial charge in [-0.05, 0) is 31.9 Å². The first kappa shape index (κ1) is 15.3. The second-order valence-corrected chi connectivity index (χ2v) is 5.93. The van der Waals surface area contributed by atoms with Crippen LogP contribution < -0.4 is 10.1 Å². The van der Waals surface area contributed by atoms with Crippen LogP contribution >= 0.6 is 15.9 Å². The largest absolute Gasteiger partial charge is 0.496 e. The van der Waals surface area contributed by atoms with Gasteiger partial charge in [0, 0.05) is 16.6 Å². The van der Waals surface area contributed by atoms with Gasteiger partial charge < -0.3 is 14.8 Å². The van der Waals surface area contributed by atoms with Crippen molar-refractivity contribution in [2.45, 2.75) is 38.3 Å². The molecule has 0 spiro atoms. The molecule has 110 valence electrons. The molecule has 4 nitrogen and oxygen atoms in total. The van der Waals surface area contributed by atoms with Crippen molar-refractivity contribution in [2.24, 2.45) is 0 Å². The van der Waals surface area contributed by atoms with Gasteiger partial charge >= 0.3 is 0 Å². The first-order valence-corrected chi connectivity index (χ1v) is 7.64. The van der Waals surface area contributed by atoms with E-state index in [4.69, 9.17) is 9.47 Å². The lowest BCUT2D eigenvalue weighted by atomic mass is 10.1. The third-order valence-corrected chi connectivity index (χ3v) is 3.97. The van der Waals surface area contributed by atoms with Gasteiger partial charge in [0.25, 0.3) is 0 Å². The zero-order valence-electron chi connectivity index (χ0n) is 11.8. The zero-order chi connectivity index (χ0) is 14.5. The minimum atomic E-state index is -0.0908. The van der Waals surface area contributed by atoms with Crippen LogP contribution in [0.2, 0.25) is 0 Å². The van der Waals surface area contributed by atoms with E-state index in [1.807, 2.05) is 25.1 Å². The number of nitrogens with one attached hydrogen (secondary N) is 1. The van der Waals surface area contributed by atoms with Gasteiger partial charge in [-0.1, -0.05) is 22.0 Å². The number of benzene rings is 1. The lowest BCUT2D eigenvalue weighted by Crippen LogP contribution is -2.29. The molecule has 1 heterocycles. The van der Waals surface area contributed by atoms with Gasteiger partial charge in [0.1, 0.15) is 5.75 Å². The van der Waals surface area contributed by atoms with Crippen LogP contribution in [0.5, 0.6) is 5.75 Å². The Hall–Kier alpha value is -1.07. The lowest BCUT2D eigenvalue weighted by Gasteiger charge is -2.18. The van der Waals surface area contributed by atoms with Crippen molar-refractivity contribution in [1.82, 2.24) is 5.32 Å². The second kappa shape index (κ2) is 7.09. The molecule has 2 rings (SSSR count). The van der Waals surface area contributed by atoms with Gasteiger partial charge in [0.15, 0.2) is 0 Å². The van der Waals surface area contributed by atoms with Gasteiger partial charge in [0.05, 0.1) is 25.7 Å². The molecule has 1 aliphatic heterocycles. The smallest absolute Gasteiger partial charge is 0.223 e. The van der Waals surface area contributed by atoms with E-state index in [0.717, 1.165) is 35.2 Å². The van der Waals surface area contributed by atoms with Crippen molar-refractivity contribution in [2.75, 3.05) is 13.7 Å². The molecule has 1 aromatic rings. The topological polar surface area (TPSA) is 47.6 Å². The summed E-state index contributed by atoms with van der Waals surface area (Å²) >= 11 is 3.41. The van der Waals surface area contributed by atoms with Crippen LogP contribution in [-0.4, -0.2) is 25.7 Å². The molecule has 0 aromatic heterocycles. The van der Waals surface area contributed by atoms with Crippen LogP contribution in [0, 0.1) is 0 Å². The Balaban J connectivity index is 1.96. The summed E-state index contributed by atoms with van der Waals surface area (Å²) in [4.78, 5) is 12.0. The van der Waals surface area contributed by atoms with E-state index in [9.17, 15) is 4.79 Å². The third kappa shape index (κ3) is 3.96. The average Bonchev–Trinajstić information content (AvgIpc) is 2.90. The van der Waals surface area contributed by atoms with E-state index in [0.29, 0.717) is 6.42 Å². The number of rotatable bonds is 5. The van der Waals surface area contributed by atoms with Gasteiger partial charge in [0.2, 0.25) is 5.91 Å². The summed E-state index contributed by atoms with van der Waals surface area (Å²) in [5, 5.41) is 3.00. The highest BCUT2D eigenvalue weighted by molar-refractivity contribution is 9.10. The molecule has 20 heavy (non-hydrogen) atoms. The summed E-state index contributed by atoms with van der Waals surface area (Å²) in [7, 11) is 1.63. The molecule has 5 heteroatoms. The maximum atomic E-state index is 12.0. The zero-order valence-corrected chi connectivity index (χ0v) is 13.4. The van der Waals surface area contributed by atoms with E-state index in [1.54, 1.807) is 7.11 Å². The molecule has 0 unspecified atom stereocenters. The van der Waals surface area contributed by atoms with E-state index in [2.05, 4.69) is 21.2 Å². The number of carbonyl (C=O) groups is 1. The number of halogens is 1. The minimum absolute atomic E-state index is 0.0226. The van der Waals surface area contributed by atoms with Crippen LogP contribution in [0.4, 0.5) is 0 Å². The molecule has 1 N–H and O–H groups in total. The summed E-state index contributed by atoms with van der Waals surface area (Å²) in [6.45, 7) is 2.73. The molecular weight excluding hydrogens is 322 g/mol. The van der Waals surface area contributed by atoms with E-state index in [1.165, 1.54) is 0 Å². The van der Waals surface area contributed by atoms with Crippen LogP contribution in [0.1, 0.15) is 37.8 Å². The van der Waals surface area contributed by atoms with E-state index >= 15 is 0 Å². The molecule has 0 saturated carbocycles. The maximum Gasteiger partial charge on any atom is 0.223 e. The average molecular weight is 342 g/mol. The molecule has 1 saturated heterocycles. The summed E-state index contributed by atoms with van der Waals surface area (Å²) in [5.74, 6) is 0.790. The highest BCUT2D eigenvalue weighted by atomic mass is 79.9. The molecule has 2 atom stereocenters. The Kier molecular flexibility index (Phi) is 5.43. The molecule has 0 radical (unpaired) electrons. The van der Waals surface area contributed by atoms with Gasteiger partial charge in [-0.2, -0.15) is 0 Å². The number of carbonyl (C=O) groups excluding carboxylic acids is 1. The van der Waals surface area contributed by atoms with Crippen LogP contribution in [-0.2, 0) is 9.53 Å². The highest BCUT2D eigenvalue weighted by Crippen LogP contribution is 2.28. The fourth-order valence-electron chi connectivity index (χ4n) is 2.43. The quantitative estimate of drug-likeness (QED) is 0.894. The summed E-state index contributed by atoms with van der Waals surface area (Å²) in [6.07, 6.45) is 2.54. The highest BCUT2D eigenvalue weighted by Gasteiger charge is 2.21. The molecule has 1 amide bonds. The molecule has 0 bridgehead atoms. The standard InChI is InChI=1S/C15H20BrNO3/c1-10(13-6-5-11(16)8-14(13)19-2)17-15(18)9-12-4-3-7-20-12/h5-6,8,10,12H,3-4,7,9H2,1-2H3,(H,17,18)/t10-,12-/m1/s1. The first-order valence-electron chi connectivity index (χ1n) is 6.84. The minimum Gasteiger partial charge on any atom is -0.496 e. The van der Waals surface area contributed by atoms with Gasteiger partial charge in [-0.15, -0.1) is 0 Å². The van der Waals surface area contributed by atoms with Crippen molar-refractivity contribution >= 4 is 21.8 Å². The second-order valence-electron chi connectivity index (χ2n) is 5.01. The fraction of sp³-hybridized carbons (Fsp3) is 0.533. The van der Waals surface area contributed by atoms with Crippen molar-refractivity contribution in [3.05, 3.63) is 28.2 Å². The van der Waals surface area contributed by atoms with Crippen molar-refractivity contribution in [1.29, 1.82) is 0 Å². The molecule has 1 aromatic carbocycles. The number of ether oxygens (including phenoxy) is 2. The Morgan fingerprint density at radius 1 is 1.60 bits per heavy atom. The number of methoxy groups -OCH3 is 1. The molecule has 0 aliphatic carbocycles. The number of amides is 1. The fourth-order valence-corrected chi connectivity index (χ4v) is 2.77. The lowest BCUT2D eigenvalue weighted by molar-refractivity contribution is -0.123. The van der Waals surface area contributed by atoms with E-state index in [-0.39, 0.29) is 18.1 Å². The predicted octanol–water partition coefficient (Wildman–Crippen LogP) is 3.20. The Morgan fingerprint density at radius 2 is 2.40 bits per heavy atom. The van der Waals surface area contributed by atoms with E-state index < -0.39 is 0 Å². The monoisotopic (exact) mass is 341 g/mol. The number of hydrogen-bond acceptors (Lipinski definition) is 3. The first-order chi connectivity index (χ1) is 9.60. The summed E-state index contributed by atoms with van der Waals surface area (Å²) in [5.41, 5.74) is 0.969. The van der Waals surface area contributed by atoms with Crippen molar-refractivity contribution < 1.29 is 14.3 Å². The van der Waals surface area contributed by atoms with Crippen LogP contribution in [0.25, 0.3) is 0 Å². The molecule has 1 aliphatic rings. The Morgan fingerprint density at radius 3 is 3.05 bits per heavy atom. The van der Waals surface area contributed by atoms with Crippen LogP contribution in [0.15, 0.2) is 22.7 Å². The third-order valence-electron chi connectivity index (χ3n) is 3.48. The Bertz CT molecular complexity index is 472. The normalized spacial score (nSPS) is 19.6. The van der Waals surface area contributed by atoms with Crippen molar-refractivity contribution in [3.8, 4) is 5.75 Å². The predicted molar refractivity (Wildman–Crippen MR) is 80.8 cm³/mol. The molecular formula is C15H20BrNO3. The van der Waals surface area contributed by atoms with Crippen molar-refractivity contribution in [3.63, 3.8) is 0 Å².